The maximum Gasteiger partial charge on any atom is 0.407 e. The fraction of sp³-hybridized carbons (Fsp3) is 0.542. The van der Waals surface area contributed by atoms with Crippen LogP contribution in [0.15, 0.2) is 24.3 Å². The second-order valence-corrected chi connectivity index (χ2v) is 8.29. The number of alkyl carbamates (subject to hydrolysis) is 1. The molecule has 3 rings (SSSR count). The molecule has 33 heavy (non-hydrogen) atoms. The first-order valence-electron chi connectivity index (χ1n) is 11.6. The Morgan fingerprint density at radius 3 is 2.79 bits per heavy atom. The van der Waals surface area contributed by atoms with Crippen LogP contribution in [0.25, 0.3) is 0 Å². The maximum atomic E-state index is 12.9. The number of fused-ring (bicyclic) bond motifs is 1. The molecule has 1 unspecified atom stereocenters. The number of aryl methyl sites for hydroxylation is 2. The lowest BCUT2D eigenvalue weighted by Gasteiger charge is -2.26. The SMILES string of the molecule is CCCCOC(=O)NC1CCCc2cc(NC(=O)c3cc(CCC)n(CC(F)F)n3)ccc21. The Labute approximate surface area is 192 Å². The van der Waals surface area contributed by atoms with Crippen molar-refractivity contribution in [3.05, 3.63) is 46.8 Å². The lowest BCUT2D eigenvalue weighted by molar-refractivity contribution is 0.101. The van der Waals surface area contributed by atoms with Crippen LogP contribution in [0.5, 0.6) is 0 Å². The lowest BCUT2D eigenvalue weighted by atomic mass is 9.87. The summed E-state index contributed by atoms with van der Waals surface area (Å²) in [5, 5.41) is 9.85. The van der Waals surface area contributed by atoms with E-state index in [2.05, 4.69) is 15.7 Å². The predicted molar refractivity (Wildman–Crippen MR) is 122 cm³/mol. The Morgan fingerprint density at radius 2 is 2.06 bits per heavy atom. The number of nitrogens with zero attached hydrogens (tertiary/aromatic N) is 2. The molecule has 2 aromatic rings. The van der Waals surface area contributed by atoms with Crippen molar-refractivity contribution in [3.8, 4) is 0 Å². The van der Waals surface area contributed by atoms with Gasteiger partial charge in [0, 0.05) is 11.4 Å². The molecule has 0 saturated heterocycles. The van der Waals surface area contributed by atoms with E-state index in [0.717, 1.165) is 49.7 Å². The predicted octanol–water partition coefficient (Wildman–Crippen LogP) is 5.26. The third-order valence-electron chi connectivity index (χ3n) is 5.65. The van der Waals surface area contributed by atoms with Gasteiger partial charge in [-0.1, -0.05) is 32.8 Å². The molecule has 0 saturated carbocycles. The van der Waals surface area contributed by atoms with Gasteiger partial charge in [-0.15, -0.1) is 0 Å². The number of rotatable bonds is 10. The molecule has 2 amide bonds. The summed E-state index contributed by atoms with van der Waals surface area (Å²) in [5.41, 5.74) is 3.40. The van der Waals surface area contributed by atoms with E-state index in [9.17, 15) is 18.4 Å². The van der Waals surface area contributed by atoms with E-state index in [1.54, 1.807) is 12.1 Å². The van der Waals surface area contributed by atoms with Gasteiger partial charge in [0.05, 0.1) is 12.6 Å². The van der Waals surface area contributed by atoms with Crippen LogP contribution in [0.1, 0.15) is 79.3 Å². The highest BCUT2D eigenvalue weighted by Gasteiger charge is 2.23. The van der Waals surface area contributed by atoms with Crippen LogP contribution >= 0.6 is 0 Å². The first-order valence-corrected chi connectivity index (χ1v) is 11.6. The van der Waals surface area contributed by atoms with E-state index in [1.165, 1.54) is 4.68 Å². The third kappa shape index (κ3) is 6.76. The number of hydrogen-bond acceptors (Lipinski definition) is 4. The third-order valence-corrected chi connectivity index (χ3v) is 5.65. The van der Waals surface area contributed by atoms with Gasteiger partial charge in [-0.2, -0.15) is 5.10 Å². The molecular weight excluding hydrogens is 430 g/mol. The van der Waals surface area contributed by atoms with Crippen LogP contribution in [0.2, 0.25) is 0 Å². The number of anilines is 1. The van der Waals surface area contributed by atoms with Gasteiger partial charge < -0.3 is 15.4 Å². The normalized spacial score (nSPS) is 15.2. The second-order valence-electron chi connectivity index (χ2n) is 8.29. The minimum absolute atomic E-state index is 0.117. The number of amides is 2. The summed E-state index contributed by atoms with van der Waals surface area (Å²) in [6, 6.07) is 7.02. The highest BCUT2D eigenvalue weighted by molar-refractivity contribution is 6.03. The van der Waals surface area contributed by atoms with Gasteiger partial charge in [0.15, 0.2) is 5.69 Å². The summed E-state index contributed by atoms with van der Waals surface area (Å²) in [6.07, 6.45) is 2.74. The number of unbranched alkanes of at least 4 members (excludes halogenated alkanes) is 1. The molecule has 1 heterocycles. The number of benzene rings is 1. The van der Waals surface area contributed by atoms with E-state index in [-0.39, 0.29) is 11.7 Å². The smallest absolute Gasteiger partial charge is 0.407 e. The summed E-state index contributed by atoms with van der Waals surface area (Å²) in [5.74, 6) is -0.440. The zero-order valence-electron chi connectivity index (χ0n) is 19.2. The molecule has 1 aliphatic rings. The number of ether oxygens (including phenoxy) is 1. The Balaban J connectivity index is 1.68. The molecule has 1 aliphatic carbocycles. The number of halogens is 2. The van der Waals surface area contributed by atoms with Crippen LogP contribution in [0, 0.1) is 0 Å². The molecule has 1 aromatic carbocycles. The van der Waals surface area contributed by atoms with Crippen LogP contribution in [0.3, 0.4) is 0 Å². The maximum absolute atomic E-state index is 12.9. The number of alkyl halides is 2. The fourth-order valence-electron chi connectivity index (χ4n) is 4.04. The average Bonchev–Trinajstić information content (AvgIpc) is 3.16. The number of hydrogen-bond donors (Lipinski definition) is 2. The van der Waals surface area contributed by atoms with Crippen molar-refractivity contribution in [2.24, 2.45) is 0 Å². The van der Waals surface area contributed by atoms with Gasteiger partial charge in [-0.05, 0) is 61.4 Å². The summed E-state index contributed by atoms with van der Waals surface area (Å²) in [7, 11) is 0. The van der Waals surface area contributed by atoms with Crippen molar-refractivity contribution in [2.75, 3.05) is 11.9 Å². The van der Waals surface area contributed by atoms with E-state index in [1.807, 2.05) is 26.0 Å². The van der Waals surface area contributed by atoms with Crippen molar-refractivity contribution in [3.63, 3.8) is 0 Å². The van der Waals surface area contributed by atoms with Crippen molar-refractivity contribution in [2.45, 2.75) is 77.8 Å². The average molecular weight is 463 g/mol. The second kappa shape index (κ2) is 11.8. The summed E-state index contributed by atoms with van der Waals surface area (Å²) < 4.78 is 32.1. The van der Waals surface area contributed by atoms with Crippen LogP contribution in [0.4, 0.5) is 19.3 Å². The molecule has 1 atom stereocenters. The minimum atomic E-state index is -2.54. The molecule has 180 valence electrons. The molecule has 7 nitrogen and oxygen atoms in total. The van der Waals surface area contributed by atoms with E-state index in [0.29, 0.717) is 24.4 Å². The standard InChI is InChI=1S/C24H32F2N4O3/c1-3-5-12-33-24(32)28-20-9-6-8-16-13-17(10-11-19(16)20)27-23(31)21-14-18(7-4-2)30(29-21)15-22(25)26/h10-11,13-14,20,22H,3-9,12,15H2,1-2H3,(H,27,31)(H,28,32). The Hall–Kier alpha value is -2.97. The fourth-order valence-corrected chi connectivity index (χ4v) is 4.04. The summed E-state index contributed by atoms with van der Waals surface area (Å²) >= 11 is 0. The van der Waals surface area contributed by atoms with Crippen molar-refractivity contribution >= 4 is 17.7 Å². The highest BCUT2D eigenvalue weighted by Crippen LogP contribution is 2.32. The molecule has 1 aromatic heterocycles. The molecular formula is C24H32F2N4O3. The van der Waals surface area contributed by atoms with Crippen LogP contribution in [-0.2, 0) is 24.1 Å². The van der Waals surface area contributed by atoms with E-state index < -0.39 is 25.0 Å². The first-order chi connectivity index (χ1) is 15.9. The Kier molecular flexibility index (Phi) is 8.79. The molecule has 2 N–H and O–H groups in total. The molecule has 0 fully saturated rings. The quantitative estimate of drug-likeness (QED) is 0.472. The zero-order chi connectivity index (χ0) is 23.8. The molecule has 9 heteroatoms. The van der Waals surface area contributed by atoms with Gasteiger partial charge in [0.1, 0.15) is 6.54 Å². The highest BCUT2D eigenvalue weighted by atomic mass is 19.3. The molecule has 0 bridgehead atoms. The minimum Gasteiger partial charge on any atom is -0.450 e. The largest absolute Gasteiger partial charge is 0.450 e. The summed E-state index contributed by atoms with van der Waals surface area (Å²) in [4.78, 5) is 24.8. The molecule has 0 radical (unpaired) electrons. The van der Waals surface area contributed by atoms with E-state index in [4.69, 9.17) is 4.74 Å². The van der Waals surface area contributed by atoms with E-state index >= 15 is 0 Å². The monoisotopic (exact) mass is 462 g/mol. The van der Waals surface area contributed by atoms with Crippen LogP contribution in [-0.4, -0.2) is 34.8 Å². The first kappa shape index (κ1) is 24.7. The van der Waals surface area contributed by atoms with Gasteiger partial charge in [0.2, 0.25) is 0 Å². The summed E-state index contributed by atoms with van der Waals surface area (Å²) in [6.45, 7) is 3.85. The van der Waals surface area contributed by atoms with Crippen molar-refractivity contribution < 1.29 is 23.1 Å². The van der Waals surface area contributed by atoms with Gasteiger partial charge in [0.25, 0.3) is 12.3 Å². The lowest BCUT2D eigenvalue weighted by Crippen LogP contribution is -2.31. The Morgan fingerprint density at radius 1 is 1.24 bits per heavy atom. The van der Waals surface area contributed by atoms with Gasteiger partial charge in [-0.25, -0.2) is 13.6 Å². The molecule has 0 aliphatic heterocycles. The van der Waals surface area contributed by atoms with Gasteiger partial charge in [-0.3, -0.25) is 9.48 Å². The van der Waals surface area contributed by atoms with Crippen molar-refractivity contribution in [1.82, 2.24) is 15.1 Å². The number of aromatic nitrogens is 2. The number of nitrogens with one attached hydrogen (secondary N) is 2. The number of carbonyl (C=O) groups is 2. The van der Waals surface area contributed by atoms with Crippen LogP contribution < -0.4 is 10.6 Å². The van der Waals surface area contributed by atoms with Crippen molar-refractivity contribution in [1.29, 1.82) is 0 Å². The Bertz CT molecular complexity index is 961. The zero-order valence-corrected chi connectivity index (χ0v) is 19.2. The topological polar surface area (TPSA) is 85.3 Å². The molecule has 0 spiro atoms. The van der Waals surface area contributed by atoms with Gasteiger partial charge >= 0.3 is 6.09 Å². The number of carbonyl (C=O) groups excluding carboxylic acids is 2.